The Balaban J connectivity index is 1.44. The van der Waals surface area contributed by atoms with Gasteiger partial charge in [0, 0.05) is 5.92 Å². The molecule has 0 radical (unpaired) electrons. The quantitative estimate of drug-likeness (QED) is 0.553. The number of hydrogen-bond donors (Lipinski definition) is 4. The SMILES string of the molecule is COc1ccccc1NC1=NC2N=CNC2C(=NC2C3C=CC(C3)C2C(N)=O)N1. The van der Waals surface area contributed by atoms with Gasteiger partial charge in [0.25, 0.3) is 0 Å². The summed E-state index contributed by atoms with van der Waals surface area (Å²) in [6.45, 7) is 0. The number of primary amides is 1. The van der Waals surface area contributed by atoms with Crippen LogP contribution in [0.1, 0.15) is 6.42 Å². The molecule has 5 rings (SSSR count). The van der Waals surface area contributed by atoms with E-state index in [0.29, 0.717) is 17.5 Å². The number of carbonyl (C=O) groups excluding carboxylic acids is 1. The van der Waals surface area contributed by atoms with Gasteiger partial charge in [-0.3, -0.25) is 9.79 Å². The van der Waals surface area contributed by atoms with Gasteiger partial charge < -0.3 is 26.4 Å². The van der Waals surface area contributed by atoms with E-state index in [1.807, 2.05) is 24.3 Å². The van der Waals surface area contributed by atoms with Crippen LogP contribution in [0.4, 0.5) is 5.69 Å². The number of nitrogens with one attached hydrogen (secondary N) is 3. The third kappa shape index (κ3) is 3.02. The molecular weight excluding hydrogens is 370 g/mol. The smallest absolute Gasteiger partial charge is 0.223 e. The van der Waals surface area contributed by atoms with E-state index < -0.39 is 0 Å². The summed E-state index contributed by atoms with van der Waals surface area (Å²) in [4.78, 5) is 26.0. The van der Waals surface area contributed by atoms with Crippen molar-refractivity contribution < 1.29 is 9.53 Å². The zero-order chi connectivity index (χ0) is 20.0. The molecule has 2 heterocycles. The van der Waals surface area contributed by atoms with Crippen molar-refractivity contribution in [2.75, 3.05) is 12.4 Å². The molecule has 1 saturated carbocycles. The Hall–Kier alpha value is -3.36. The van der Waals surface area contributed by atoms with Crippen LogP contribution in [-0.2, 0) is 4.79 Å². The number of methoxy groups -OCH3 is 1. The van der Waals surface area contributed by atoms with Crippen LogP contribution >= 0.6 is 0 Å². The maximum Gasteiger partial charge on any atom is 0.223 e. The highest BCUT2D eigenvalue weighted by atomic mass is 16.5. The van der Waals surface area contributed by atoms with E-state index in [1.165, 1.54) is 0 Å². The van der Waals surface area contributed by atoms with E-state index >= 15 is 0 Å². The molecule has 0 aromatic heterocycles. The number of hydrogen-bond acceptors (Lipinski definition) is 7. The highest BCUT2D eigenvalue weighted by molar-refractivity contribution is 6.11. The summed E-state index contributed by atoms with van der Waals surface area (Å²) in [6, 6.07) is 7.25. The van der Waals surface area contributed by atoms with Gasteiger partial charge in [0.2, 0.25) is 11.9 Å². The molecule has 1 aromatic carbocycles. The minimum Gasteiger partial charge on any atom is -0.495 e. The van der Waals surface area contributed by atoms with E-state index in [1.54, 1.807) is 13.4 Å². The number of fused-ring (bicyclic) bond motifs is 3. The topological polar surface area (TPSA) is 125 Å². The molecule has 5 N–H and O–H groups in total. The van der Waals surface area contributed by atoms with Crippen molar-refractivity contribution in [3.05, 3.63) is 36.4 Å². The number of aliphatic imine (C=N–C) groups is 3. The second-order valence-electron chi connectivity index (χ2n) is 7.65. The summed E-state index contributed by atoms with van der Waals surface area (Å²) in [6.07, 6.45) is 6.50. The summed E-state index contributed by atoms with van der Waals surface area (Å²) in [5.41, 5.74) is 6.48. The molecule has 0 saturated heterocycles. The lowest BCUT2D eigenvalue weighted by atomic mass is 9.88. The molecule has 6 unspecified atom stereocenters. The molecule has 2 aliphatic heterocycles. The second-order valence-corrected chi connectivity index (χ2v) is 7.65. The zero-order valence-electron chi connectivity index (χ0n) is 15.9. The highest BCUT2D eigenvalue weighted by Crippen LogP contribution is 2.45. The third-order valence-electron chi connectivity index (χ3n) is 5.98. The number of ether oxygens (including phenoxy) is 1. The fourth-order valence-corrected chi connectivity index (χ4v) is 4.63. The lowest BCUT2D eigenvalue weighted by molar-refractivity contribution is -0.122. The molecular formula is C20H23N7O2. The van der Waals surface area contributed by atoms with E-state index in [-0.39, 0.29) is 41.9 Å². The minimum absolute atomic E-state index is 0.168. The number of para-hydroxylation sites is 2. The van der Waals surface area contributed by atoms with Crippen LogP contribution in [0.15, 0.2) is 51.4 Å². The number of nitrogens with two attached hydrogens (primary N) is 1. The molecule has 1 fully saturated rings. The molecule has 29 heavy (non-hydrogen) atoms. The van der Waals surface area contributed by atoms with Crippen LogP contribution < -0.4 is 26.4 Å². The molecule has 150 valence electrons. The van der Waals surface area contributed by atoms with E-state index in [4.69, 9.17) is 15.5 Å². The summed E-state index contributed by atoms with van der Waals surface area (Å²) in [5.74, 6) is 1.79. The lowest BCUT2D eigenvalue weighted by Gasteiger charge is -2.29. The van der Waals surface area contributed by atoms with Gasteiger partial charge in [-0.1, -0.05) is 24.3 Å². The van der Waals surface area contributed by atoms with Crippen molar-refractivity contribution in [2.45, 2.75) is 24.7 Å². The van der Waals surface area contributed by atoms with Crippen LogP contribution in [0.2, 0.25) is 0 Å². The van der Waals surface area contributed by atoms with Crippen LogP contribution in [0.5, 0.6) is 5.75 Å². The summed E-state index contributed by atoms with van der Waals surface area (Å²) >= 11 is 0. The molecule has 2 aliphatic carbocycles. The van der Waals surface area contributed by atoms with Crippen molar-refractivity contribution in [3.63, 3.8) is 0 Å². The predicted molar refractivity (Wildman–Crippen MR) is 111 cm³/mol. The van der Waals surface area contributed by atoms with Crippen LogP contribution in [0, 0.1) is 17.8 Å². The first kappa shape index (κ1) is 17.7. The molecule has 0 spiro atoms. The number of amidine groups is 1. The molecule has 2 bridgehead atoms. The van der Waals surface area contributed by atoms with Gasteiger partial charge >= 0.3 is 0 Å². The second kappa shape index (κ2) is 6.91. The van der Waals surface area contributed by atoms with E-state index in [0.717, 1.165) is 12.1 Å². The Bertz CT molecular complexity index is 954. The van der Waals surface area contributed by atoms with Crippen molar-refractivity contribution in [1.29, 1.82) is 0 Å². The molecule has 6 atom stereocenters. The number of anilines is 1. The maximum atomic E-state index is 12.1. The van der Waals surface area contributed by atoms with Gasteiger partial charge in [-0.25, -0.2) is 9.98 Å². The van der Waals surface area contributed by atoms with E-state index in [2.05, 4.69) is 38.1 Å². The summed E-state index contributed by atoms with van der Waals surface area (Å²) < 4.78 is 5.41. The fourth-order valence-electron chi connectivity index (χ4n) is 4.63. The Labute approximate surface area is 168 Å². The number of amides is 1. The standard InChI is InChI=1S/C20H23N7O2/c1-29-13-5-3-2-4-12(13)24-20-26-18-16(22-9-23-18)19(27-20)25-15-11-7-6-10(8-11)14(15)17(21)28/h2-7,9-11,14-16,18H,8H2,1H3,(H2,21,28)(H,22,23)(H2,24,25,26,27). The van der Waals surface area contributed by atoms with Crippen LogP contribution in [0.3, 0.4) is 0 Å². The number of rotatable bonds is 4. The Kier molecular flexibility index (Phi) is 4.22. The Morgan fingerprint density at radius 2 is 2.14 bits per heavy atom. The highest BCUT2D eigenvalue weighted by Gasteiger charge is 2.48. The largest absolute Gasteiger partial charge is 0.495 e. The first-order valence-electron chi connectivity index (χ1n) is 9.72. The van der Waals surface area contributed by atoms with Gasteiger partial charge in [0.15, 0.2) is 6.17 Å². The molecule has 9 heteroatoms. The predicted octanol–water partition coefficient (Wildman–Crippen LogP) is 0.467. The number of guanidine groups is 1. The van der Waals surface area contributed by atoms with Gasteiger partial charge in [0.1, 0.15) is 17.6 Å². The molecule has 1 aromatic rings. The zero-order valence-corrected chi connectivity index (χ0v) is 15.9. The van der Waals surface area contributed by atoms with Gasteiger partial charge in [-0.2, -0.15) is 0 Å². The lowest BCUT2D eigenvalue weighted by Crippen LogP contribution is -2.55. The third-order valence-corrected chi connectivity index (χ3v) is 5.98. The monoisotopic (exact) mass is 393 g/mol. The number of carbonyl (C=O) groups is 1. The molecule has 4 aliphatic rings. The minimum atomic E-state index is -0.326. The maximum absolute atomic E-state index is 12.1. The van der Waals surface area contributed by atoms with Crippen molar-refractivity contribution >= 4 is 29.7 Å². The number of nitrogens with zero attached hydrogens (tertiary/aromatic N) is 3. The first-order chi connectivity index (χ1) is 14.1. The molecule has 1 amide bonds. The number of benzene rings is 1. The van der Waals surface area contributed by atoms with Crippen molar-refractivity contribution in [3.8, 4) is 5.75 Å². The van der Waals surface area contributed by atoms with E-state index in [9.17, 15) is 4.79 Å². The first-order valence-corrected chi connectivity index (χ1v) is 9.72. The summed E-state index contributed by atoms with van der Waals surface area (Å²) in [5, 5.41) is 9.75. The van der Waals surface area contributed by atoms with Crippen LogP contribution in [-0.4, -0.2) is 49.4 Å². The normalized spacial score (nSPS) is 35.1. The summed E-state index contributed by atoms with van der Waals surface area (Å²) in [7, 11) is 1.62. The van der Waals surface area contributed by atoms with Gasteiger partial charge in [0.05, 0.1) is 31.1 Å². The van der Waals surface area contributed by atoms with Crippen LogP contribution in [0.25, 0.3) is 0 Å². The van der Waals surface area contributed by atoms with Crippen molar-refractivity contribution in [2.24, 2.45) is 38.5 Å². The molecule has 9 nitrogen and oxygen atoms in total. The fraction of sp³-hybridized carbons (Fsp3) is 0.400. The Morgan fingerprint density at radius 1 is 1.31 bits per heavy atom. The van der Waals surface area contributed by atoms with Gasteiger partial charge in [-0.05, 0) is 24.5 Å². The number of allylic oxidation sites excluding steroid dienone is 1. The van der Waals surface area contributed by atoms with Crippen molar-refractivity contribution in [1.82, 2.24) is 10.6 Å². The average Bonchev–Trinajstić information content (AvgIpc) is 3.44. The van der Waals surface area contributed by atoms with Gasteiger partial charge in [-0.15, -0.1) is 0 Å². The average molecular weight is 393 g/mol. The Morgan fingerprint density at radius 3 is 2.97 bits per heavy atom.